The maximum absolute atomic E-state index is 13.6. The summed E-state index contributed by atoms with van der Waals surface area (Å²) in [6.45, 7) is 4.18. The molecule has 224 valence electrons. The minimum Gasteiger partial charge on any atom is -0.453 e. The van der Waals surface area contributed by atoms with Gasteiger partial charge in [-0.05, 0) is 79.6 Å². The number of alkyl carbamates (subject to hydrolysis) is 1. The summed E-state index contributed by atoms with van der Waals surface area (Å²) in [6, 6.07) is 17.6. The molecule has 0 saturated carbocycles. The number of pyridine rings is 1. The number of hydrogen-bond acceptors (Lipinski definition) is 6. The molecule has 3 N–H and O–H groups in total. The molecule has 1 aliphatic heterocycles. The molecule has 1 aliphatic rings. The van der Waals surface area contributed by atoms with Crippen LogP contribution < -0.4 is 10.6 Å². The van der Waals surface area contributed by atoms with E-state index in [1.54, 1.807) is 6.20 Å². The summed E-state index contributed by atoms with van der Waals surface area (Å²) in [5.41, 5.74) is 3.82. The van der Waals surface area contributed by atoms with Gasteiger partial charge in [-0.3, -0.25) is 4.79 Å². The van der Waals surface area contributed by atoms with E-state index in [0.717, 1.165) is 42.5 Å². The highest BCUT2D eigenvalue weighted by molar-refractivity contribution is 6.32. The largest absolute Gasteiger partial charge is 0.453 e. The Labute approximate surface area is 253 Å². The number of methoxy groups -OCH3 is 1. The fraction of sp³-hybridized carbons (Fsp3) is 0.424. The van der Waals surface area contributed by atoms with Crippen LogP contribution in [0.3, 0.4) is 0 Å². The highest BCUT2D eigenvalue weighted by atomic mass is 35.5. The van der Waals surface area contributed by atoms with Crippen LogP contribution in [-0.2, 0) is 23.3 Å². The number of halogens is 1. The minimum absolute atomic E-state index is 0.0472. The molecule has 3 aromatic rings. The van der Waals surface area contributed by atoms with Gasteiger partial charge in [0.15, 0.2) is 0 Å². The third-order valence-electron chi connectivity index (χ3n) is 8.15. The van der Waals surface area contributed by atoms with E-state index in [0.29, 0.717) is 54.3 Å². The maximum atomic E-state index is 13.6. The SMILES string of the molecule is CCc1cccc(-c2c(C(O)(CCCNC(=O)OC)[C@@H]3CCCN(C(=O)c4ccc(CNC)cc4)C3)ccnc2Cl)c1. The van der Waals surface area contributed by atoms with Gasteiger partial charge in [-0.2, -0.15) is 0 Å². The highest BCUT2D eigenvalue weighted by Gasteiger charge is 2.43. The summed E-state index contributed by atoms with van der Waals surface area (Å²) < 4.78 is 4.72. The van der Waals surface area contributed by atoms with Gasteiger partial charge in [-0.25, -0.2) is 9.78 Å². The Morgan fingerprint density at radius 3 is 2.67 bits per heavy atom. The number of piperidine rings is 1. The molecule has 2 heterocycles. The molecular formula is C33H41ClN4O4. The van der Waals surface area contributed by atoms with Crippen LogP contribution in [0.25, 0.3) is 11.1 Å². The Balaban J connectivity index is 1.69. The molecular weight excluding hydrogens is 552 g/mol. The first-order valence-corrected chi connectivity index (χ1v) is 15.0. The Hall–Kier alpha value is -3.46. The number of aryl methyl sites for hydroxylation is 1. The summed E-state index contributed by atoms with van der Waals surface area (Å²) in [7, 11) is 3.21. The van der Waals surface area contributed by atoms with Crippen molar-refractivity contribution in [2.75, 3.05) is 33.8 Å². The molecule has 1 aromatic heterocycles. The number of amides is 2. The molecule has 2 atom stereocenters. The van der Waals surface area contributed by atoms with Crippen LogP contribution in [0.2, 0.25) is 5.15 Å². The number of aromatic nitrogens is 1. The van der Waals surface area contributed by atoms with Gasteiger partial charge >= 0.3 is 6.09 Å². The average molecular weight is 593 g/mol. The summed E-state index contributed by atoms with van der Waals surface area (Å²) in [4.78, 5) is 31.5. The van der Waals surface area contributed by atoms with Crippen molar-refractivity contribution >= 4 is 23.6 Å². The molecule has 0 bridgehead atoms. The molecule has 2 aromatic carbocycles. The maximum Gasteiger partial charge on any atom is 0.406 e. The van der Waals surface area contributed by atoms with E-state index >= 15 is 0 Å². The molecule has 9 heteroatoms. The van der Waals surface area contributed by atoms with Gasteiger partial charge in [0, 0.05) is 49.4 Å². The first-order valence-electron chi connectivity index (χ1n) is 14.6. The fourth-order valence-corrected chi connectivity index (χ4v) is 6.17. The lowest BCUT2D eigenvalue weighted by Crippen LogP contribution is -2.48. The predicted octanol–water partition coefficient (Wildman–Crippen LogP) is 5.56. The van der Waals surface area contributed by atoms with Crippen molar-refractivity contribution in [3.05, 3.63) is 88.2 Å². The fourth-order valence-electron chi connectivity index (χ4n) is 5.90. The average Bonchev–Trinajstić information content (AvgIpc) is 3.03. The zero-order valence-corrected chi connectivity index (χ0v) is 25.4. The Bertz CT molecular complexity index is 1370. The van der Waals surface area contributed by atoms with Gasteiger partial charge in [0.05, 0.1) is 12.7 Å². The lowest BCUT2D eigenvalue weighted by atomic mass is 9.72. The number of aliphatic hydroxyl groups is 1. The van der Waals surface area contributed by atoms with Crippen molar-refractivity contribution < 1.29 is 19.4 Å². The number of ether oxygens (including phenoxy) is 1. The number of nitrogens with one attached hydrogen (secondary N) is 2. The lowest BCUT2D eigenvalue weighted by molar-refractivity contribution is -0.0563. The van der Waals surface area contributed by atoms with Crippen LogP contribution in [0.4, 0.5) is 4.79 Å². The van der Waals surface area contributed by atoms with E-state index < -0.39 is 11.7 Å². The second-order valence-electron chi connectivity index (χ2n) is 10.8. The van der Waals surface area contributed by atoms with Crippen LogP contribution >= 0.6 is 11.6 Å². The molecule has 8 nitrogen and oxygen atoms in total. The van der Waals surface area contributed by atoms with Gasteiger partial charge in [0.2, 0.25) is 0 Å². The van der Waals surface area contributed by atoms with Gasteiger partial charge in [0.1, 0.15) is 5.15 Å². The van der Waals surface area contributed by atoms with Crippen molar-refractivity contribution in [2.24, 2.45) is 5.92 Å². The number of carbonyl (C=O) groups is 2. The van der Waals surface area contributed by atoms with Gasteiger partial charge < -0.3 is 25.4 Å². The molecule has 0 spiro atoms. The van der Waals surface area contributed by atoms with Crippen molar-refractivity contribution in [2.45, 2.75) is 51.2 Å². The molecule has 1 fully saturated rings. The van der Waals surface area contributed by atoms with E-state index in [4.69, 9.17) is 16.3 Å². The molecule has 4 rings (SSSR count). The van der Waals surface area contributed by atoms with Gasteiger partial charge in [0.25, 0.3) is 5.91 Å². The number of rotatable bonds is 11. The molecule has 1 saturated heterocycles. The predicted molar refractivity (Wildman–Crippen MR) is 165 cm³/mol. The molecule has 2 amide bonds. The second-order valence-corrected chi connectivity index (χ2v) is 11.2. The monoisotopic (exact) mass is 592 g/mol. The zero-order valence-electron chi connectivity index (χ0n) is 24.7. The summed E-state index contributed by atoms with van der Waals surface area (Å²) in [5.74, 6) is -0.308. The van der Waals surface area contributed by atoms with Crippen LogP contribution in [0.5, 0.6) is 0 Å². The first-order chi connectivity index (χ1) is 20.3. The van der Waals surface area contributed by atoms with E-state index in [1.165, 1.54) is 7.11 Å². The summed E-state index contributed by atoms with van der Waals surface area (Å²) >= 11 is 6.76. The Kier molecular flexibility index (Phi) is 11.0. The quantitative estimate of drug-likeness (QED) is 0.199. The van der Waals surface area contributed by atoms with E-state index in [-0.39, 0.29) is 11.8 Å². The van der Waals surface area contributed by atoms with E-state index in [1.807, 2.05) is 54.4 Å². The van der Waals surface area contributed by atoms with E-state index in [2.05, 4.69) is 34.7 Å². The number of benzene rings is 2. The topological polar surface area (TPSA) is 104 Å². The Morgan fingerprint density at radius 2 is 1.95 bits per heavy atom. The molecule has 0 radical (unpaired) electrons. The van der Waals surface area contributed by atoms with Crippen LogP contribution in [-0.4, -0.2) is 60.8 Å². The molecule has 0 aliphatic carbocycles. The number of nitrogens with zero attached hydrogens (tertiary/aromatic N) is 2. The van der Waals surface area contributed by atoms with Crippen molar-refractivity contribution in [1.29, 1.82) is 0 Å². The summed E-state index contributed by atoms with van der Waals surface area (Å²) in [6.07, 6.45) is 4.32. The van der Waals surface area contributed by atoms with Crippen molar-refractivity contribution in [3.63, 3.8) is 0 Å². The van der Waals surface area contributed by atoms with Crippen LogP contribution in [0, 0.1) is 5.92 Å². The molecule has 1 unspecified atom stereocenters. The van der Waals surface area contributed by atoms with Crippen LogP contribution in [0.1, 0.15) is 59.7 Å². The lowest BCUT2D eigenvalue weighted by Gasteiger charge is -2.43. The third kappa shape index (κ3) is 7.30. The van der Waals surface area contributed by atoms with Gasteiger partial charge in [-0.15, -0.1) is 0 Å². The standard InChI is InChI=1S/C33H41ClN4O4/c1-4-23-8-5-9-26(20-23)29-28(15-18-36-30(29)34)33(41,16-7-17-37-32(40)42-3)27-10-6-19-38(22-27)31(39)25-13-11-24(12-14-25)21-35-2/h5,8-9,11-15,18,20,27,35,41H,4,6-7,10,16-17,19,21-22H2,1-3H3,(H,37,40)/t27-,33?/m1/s1. The Morgan fingerprint density at radius 1 is 1.17 bits per heavy atom. The highest BCUT2D eigenvalue weighted by Crippen LogP contribution is 2.45. The normalized spacial score (nSPS) is 16.5. The van der Waals surface area contributed by atoms with Crippen molar-refractivity contribution in [3.8, 4) is 11.1 Å². The smallest absolute Gasteiger partial charge is 0.406 e. The van der Waals surface area contributed by atoms with E-state index in [9.17, 15) is 14.7 Å². The molecule has 42 heavy (non-hydrogen) atoms. The third-order valence-corrected chi connectivity index (χ3v) is 8.44. The number of carbonyl (C=O) groups excluding carboxylic acids is 2. The number of hydrogen-bond donors (Lipinski definition) is 3. The minimum atomic E-state index is -1.34. The van der Waals surface area contributed by atoms with Gasteiger partial charge in [-0.1, -0.05) is 54.9 Å². The van der Waals surface area contributed by atoms with Crippen molar-refractivity contribution in [1.82, 2.24) is 20.5 Å². The zero-order chi connectivity index (χ0) is 30.1. The van der Waals surface area contributed by atoms with Crippen LogP contribution in [0.15, 0.2) is 60.8 Å². The second kappa shape index (κ2) is 14.6. The number of likely N-dealkylation sites (tertiary alicyclic amines) is 1. The first kappa shape index (κ1) is 31.5. The summed E-state index contributed by atoms with van der Waals surface area (Å²) in [5, 5.41) is 18.9.